The predicted molar refractivity (Wildman–Crippen MR) is 91.2 cm³/mol. The van der Waals surface area contributed by atoms with Crippen molar-refractivity contribution in [3.63, 3.8) is 0 Å². The lowest BCUT2D eigenvalue weighted by Crippen LogP contribution is -2.42. The van der Waals surface area contributed by atoms with Crippen LogP contribution in [-0.2, 0) is 19.1 Å². The van der Waals surface area contributed by atoms with Gasteiger partial charge in [0.1, 0.15) is 12.1 Å². The zero-order valence-electron chi connectivity index (χ0n) is 15.5. The van der Waals surface area contributed by atoms with Gasteiger partial charge in [0.05, 0.1) is 19.6 Å². The molecule has 0 unspecified atom stereocenters. The van der Waals surface area contributed by atoms with E-state index in [1.165, 1.54) is 0 Å². The molecule has 0 aromatic rings. The van der Waals surface area contributed by atoms with Crippen molar-refractivity contribution < 1.29 is 24.3 Å². The Kier molecular flexibility index (Phi) is 7.61. The van der Waals surface area contributed by atoms with E-state index in [4.69, 9.17) is 9.47 Å². The molecule has 0 aromatic heterocycles. The number of likely N-dealkylation sites (tertiary alicyclic amines) is 1. The van der Waals surface area contributed by atoms with Gasteiger partial charge in [-0.05, 0) is 47.0 Å². The van der Waals surface area contributed by atoms with Crippen molar-refractivity contribution in [2.24, 2.45) is 0 Å². The van der Waals surface area contributed by atoms with Crippen LogP contribution in [0.15, 0.2) is 0 Å². The van der Waals surface area contributed by atoms with Crippen LogP contribution in [0.2, 0.25) is 0 Å². The quantitative estimate of drug-likeness (QED) is 0.653. The Balaban J connectivity index is 1.67. The first-order valence-corrected chi connectivity index (χ1v) is 9.11. The number of esters is 2. The van der Waals surface area contributed by atoms with Gasteiger partial charge in [0.2, 0.25) is 0 Å². The molecule has 1 N–H and O–H groups in total. The molecule has 144 valence electrons. The molecule has 2 aliphatic heterocycles. The number of hydrogen-bond acceptors (Lipinski definition) is 8. The largest absolute Gasteiger partial charge is 0.465 e. The number of ether oxygens (including phenoxy) is 2. The first kappa shape index (κ1) is 20.1. The zero-order valence-corrected chi connectivity index (χ0v) is 15.5. The SMILES string of the molecule is CCOC(=O)[C@@H]1C[C@H](OC(=O)CCN2CCC(N(C)C)CC2)CN1O. The molecular weight excluding hydrogens is 326 g/mol. The second-order valence-electron chi connectivity index (χ2n) is 7.02. The van der Waals surface area contributed by atoms with Gasteiger partial charge in [0.15, 0.2) is 0 Å². The van der Waals surface area contributed by atoms with Crippen LogP contribution in [0.5, 0.6) is 0 Å². The molecule has 0 bridgehead atoms. The fourth-order valence-electron chi connectivity index (χ4n) is 3.48. The van der Waals surface area contributed by atoms with E-state index in [0.717, 1.165) is 31.0 Å². The molecule has 2 fully saturated rings. The lowest BCUT2D eigenvalue weighted by molar-refractivity contribution is -0.167. The number of nitrogens with zero attached hydrogens (tertiary/aromatic N) is 3. The van der Waals surface area contributed by atoms with Gasteiger partial charge in [-0.25, -0.2) is 0 Å². The van der Waals surface area contributed by atoms with Gasteiger partial charge in [-0.1, -0.05) is 0 Å². The standard InChI is InChI=1S/C17H31N3O5/c1-4-24-17(22)15-11-14(12-20(15)23)25-16(21)7-10-19-8-5-13(6-9-19)18(2)3/h13-15,23H,4-12H2,1-3H3/t14-,15-/m0/s1. The molecular formula is C17H31N3O5. The van der Waals surface area contributed by atoms with Gasteiger partial charge in [-0.2, -0.15) is 5.06 Å². The summed E-state index contributed by atoms with van der Waals surface area (Å²) in [6.45, 7) is 4.80. The Morgan fingerprint density at radius 3 is 2.52 bits per heavy atom. The van der Waals surface area contributed by atoms with Crippen molar-refractivity contribution in [1.29, 1.82) is 0 Å². The first-order valence-electron chi connectivity index (χ1n) is 9.11. The molecule has 0 aromatic carbocycles. The molecule has 8 nitrogen and oxygen atoms in total. The van der Waals surface area contributed by atoms with E-state index < -0.39 is 18.1 Å². The summed E-state index contributed by atoms with van der Waals surface area (Å²) < 4.78 is 10.3. The third-order valence-electron chi connectivity index (χ3n) is 5.01. The average Bonchev–Trinajstić information content (AvgIpc) is 2.94. The molecule has 2 saturated heterocycles. The summed E-state index contributed by atoms with van der Waals surface area (Å²) in [7, 11) is 4.21. The highest BCUT2D eigenvalue weighted by atomic mass is 16.6. The van der Waals surface area contributed by atoms with Crippen LogP contribution >= 0.6 is 0 Å². The molecule has 0 radical (unpaired) electrons. The molecule has 0 aliphatic carbocycles. The number of hydrogen-bond donors (Lipinski definition) is 1. The lowest BCUT2D eigenvalue weighted by Gasteiger charge is -2.35. The van der Waals surface area contributed by atoms with Crippen molar-refractivity contribution in [3.05, 3.63) is 0 Å². The van der Waals surface area contributed by atoms with Crippen molar-refractivity contribution in [1.82, 2.24) is 14.9 Å². The number of hydroxylamine groups is 2. The number of rotatable bonds is 7. The van der Waals surface area contributed by atoms with Gasteiger partial charge in [-0.3, -0.25) is 9.59 Å². The number of carbonyl (C=O) groups excluding carboxylic acids is 2. The van der Waals surface area contributed by atoms with Gasteiger partial charge < -0.3 is 24.5 Å². The molecule has 2 atom stereocenters. The Hall–Kier alpha value is -1.22. The maximum atomic E-state index is 12.0. The minimum absolute atomic E-state index is 0.142. The van der Waals surface area contributed by atoms with E-state index in [-0.39, 0.29) is 25.5 Å². The summed E-state index contributed by atoms with van der Waals surface area (Å²) in [5.41, 5.74) is 0. The second kappa shape index (κ2) is 9.47. The van der Waals surface area contributed by atoms with Crippen LogP contribution in [0.3, 0.4) is 0 Å². The molecule has 2 aliphatic rings. The first-order chi connectivity index (χ1) is 11.9. The van der Waals surface area contributed by atoms with Crippen LogP contribution < -0.4 is 0 Å². The maximum Gasteiger partial charge on any atom is 0.325 e. The Morgan fingerprint density at radius 2 is 1.92 bits per heavy atom. The Bertz CT molecular complexity index is 452. The van der Waals surface area contributed by atoms with Gasteiger partial charge in [0, 0.05) is 19.0 Å². The molecule has 2 rings (SSSR count). The van der Waals surface area contributed by atoms with E-state index in [9.17, 15) is 14.8 Å². The Labute approximate surface area is 149 Å². The predicted octanol–water partition coefficient (Wildman–Crippen LogP) is 0.341. The topological polar surface area (TPSA) is 82.6 Å². The summed E-state index contributed by atoms with van der Waals surface area (Å²) >= 11 is 0. The molecule has 0 saturated carbocycles. The summed E-state index contributed by atoms with van der Waals surface area (Å²) in [6, 6.07) is -0.125. The summed E-state index contributed by atoms with van der Waals surface area (Å²) in [6.07, 6.45) is 2.37. The molecule has 0 spiro atoms. The summed E-state index contributed by atoms with van der Waals surface area (Å²) in [5, 5.41) is 10.7. The van der Waals surface area contributed by atoms with E-state index in [1.54, 1.807) is 6.92 Å². The van der Waals surface area contributed by atoms with E-state index in [2.05, 4.69) is 23.9 Å². The third-order valence-corrected chi connectivity index (χ3v) is 5.01. The highest BCUT2D eigenvalue weighted by molar-refractivity contribution is 5.76. The minimum atomic E-state index is -0.747. The van der Waals surface area contributed by atoms with Crippen molar-refractivity contribution in [3.8, 4) is 0 Å². The molecule has 2 heterocycles. The van der Waals surface area contributed by atoms with Crippen LogP contribution in [0.4, 0.5) is 0 Å². The summed E-state index contributed by atoms with van der Waals surface area (Å²) in [5.74, 6) is -0.759. The van der Waals surface area contributed by atoms with Gasteiger partial charge in [0.25, 0.3) is 0 Å². The van der Waals surface area contributed by atoms with E-state index in [1.807, 2.05) is 0 Å². The lowest BCUT2D eigenvalue weighted by atomic mass is 10.0. The van der Waals surface area contributed by atoms with Crippen LogP contribution in [0.1, 0.15) is 32.6 Å². The van der Waals surface area contributed by atoms with Crippen LogP contribution in [-0.4, -0.2) is 97.1 Å². The third kappa shape index (κ3) is 5.91. The maximum absolute atomic E-state index is 12.0. The second-order valence-corrected chi connectivity index (χ2v) is 7.02. The van der Waals surface area contributed by atoms with Crippen molar-refractivity contribution in [2.75, 3.05) is 46.9 Å². The highest BCUT2D eigenvalue weighted by Gasteiger charge is 2.39. The molecule has 25 heavy (non-hydrogen) atoms. The highest BCUT2D eigenvalue weighted by Crippen LogP contribution is 2.20. The monoisotopic (exact) mass is 357 g/mol. The fourth-order valence-corrected chi connectivity index (χ4v) is 3.48. The average molecular weight is 357 g/mol. The normalized spacial score (nSPS) is 26.1. The number of piperidine rings is 1. The zero-order chi connectivity index (χ0) is 18.4. The number of carbonyl (C=O) groups is 2. The van der Waals surface area contributed by atoms with Crippen molar-refractivity contribution >= 4 is 11.9 Å². The van der Waals surface area contributed by atoms with Gasteiger partial charge in [-0.15, -0.1) is 0 Å². The van der Waals surface area contributed by atoms with E-state index in [0.29, 0.717) is 19.0 Å². The smallest absolute Gasteiger partial charge is 0.325 e. The van der Waals surface area contributed by atoms with Crippen molar-refractivity contribution in [2.45, 2.75) is 50.8 Å². The van der Waals surface area contributed by atoms with E-state index >= 15 is 0 Å². The fraction of sp³-hybridized carbons (Fsp3) is 0.882. The molecule has 8 heteroatoms. The van der Waals surface area contributed by atoms with Crippen LogP contribution in [0, 0.1) is 0 Å². The Morgan fingerprint density at radius 1 is 1.24 bits per heavy atom. The van der Waals surface area contributed by atoms with Crippen LogP contribution in [0.25, 0.3) is 0 Å². The summed E-state index contributed by atoms with van der Waals surface area (Å²) in [4.78, 5) is 28.3. The van der Waals surface area contributed by atoms with Gasteiger partial charge >= 0.3 is 11.9 Å². The molecule has 0 amide bonds. The minimum Gasteiger partial charge on any atom is -0.465 e.